The minimum atomic E-state index is 0.508. The molecule has 2 aromatic heterocycles. The Morgan fingerprint density at radius 2 is 2.40 bits per heavy atom. The van der Waals surface area contributed by atoms with E-state index in [1.54, 1.807) is 0 Å². The Balaban J connectivity index is 2.48. The molecule has 0 fully saturated rings. The van der Waals surface area contributed by atoms with E-state index in [9.17, 15) is 0 Å². The Labute approximate surface area is 54.8 Å². The van der Waals surface area contributed by atoms with Gasteiger partial charge < -0.3 is 0 Å². The SMILES string of the molecule is c1n[nH]nc1-c1nnn[nH]1. The summed E-state index contributed by atoms with van der Waals surface area (Å²) in [6, 6.07) is 0. The fraction of sp³-hybridized carbons (Fsp3) is 0. The monoisotopic (exact) mass is 137 g/mol. The smallest absolute Gasteiger partial charge is 0.201 e. The van der Waals surface area contributed by atoms with Crippen molar-refractivity contribution >= 4 is 0 Å². The first-order valence-corrected chi connectivity index (χ1v) is 2.56. The highest BCUT2D eigenvalue weighted by atomic mass is 15.5. The molecule has 0 atom stereocenters. The molecule has 2 N–H and O–H groups in total. The predicted octanol–water partition coefficient (Wildman–Crippen LogP) is -1.02. The molecule has 0 saturated carbocycles. The number of H-pyrrole nitrogens is 2. The molecule has 10 heavy (non-hydrogen) atoms. The molecule has 7 heteroatoms. The number of nitrogens with one attached hydrogen (secondary N) is 2. The average molecular weight is 137 g/mol. The van der Waals surface area contributed by atoms with Crippen molar-refractivity contribution in [2.75, 3.05) is 0 Å². The maximum Gasteiger partial charge on any atom is 0.201 e. The first kappa shape index (κ1) is 5.03. The molecule has 0 bridgehead atoms. The van der Waals surface area contributed by atoms with Gasteiger partial charge in [0.1, 0.15) is 0 Å². The lowest BCUT2D eigenvalue weighted by molar-refractivity contribution is 0.881. The first-order valence-electron chi connectivity index (χ1n) is 2.56. The largest absolute Gasteiger partial charge is 0.237 e. The topological polar surface area (TPSA) is 96.0 Å². The molecule has 7 nitrogen and oxygen atoms in total. The number of hydrogen-bond acceptors (Lipinski definition) is 5. The minimum Gasteiger partial charge on any atom is -0.237 e. The van der Waals surface area contributed by atoms with Crippen LogP contribution in [0.25, 0.3) is 11.5 Å². The van der Waals surface area contributed by atoms with Crippen LogP contribution in [-0.4, -0.2) is 36.0 Å². The molecule has 0 unspecified atom stereocenters. The third kappa shape index (κ3) is 0.642. The summed E-state index contributed by atoms with van der Waals surface area (Å²) in [7, 11) is 0. The number of tetrazole rings is 1. The van der Waals surface area contributed by atoms with Gasteiger partial charge in [0.25, 0.3) is 0 Å². The first-order chi connectivity index (χ1) is 4.97. The highest BCUT2D eigenvalue weighted by molar-refractivity contribution is 5.43. The zero-order valence-electron chi connectivity index (χ0n) is 4.81. The number of hydrogen-bond donors (Lipinski definition) is 2. The average Bonchev–Trinajstić information content (AvgIpc) is 2.59. The van der Waals surface area contributed by atoms with Crippen molar-refractivity contribution in [1.82, 2.24) is 36.0 Å². The molecule has 0 saturated heterocycles. The van der Waals surface area contributed by atoms with Crippen molar-refractivity contribution in [2.24, 2.45) is 0 Å². The third-order valence-electron chi connectivity index (χ3n) is 1.00. The van der Waals surface area contributed by atoms with Crippen LogP contribution < -0.4 is 0 Å². The van der Waals surface area contributed by atoms with Crippen LogP contribution >= 0.6 is 0 Å². The van der Waals surface area contributed by atoms with Crippen LogP contribution in [0.15, 0.2) is 6.20 Å². The maximum absolute atomic E-state index is 3.75. The van der Waals surface area contributed by atoms with E-state index in [4.69, 9.17) is 0 Å². The molecule has 0 aliphatic rings. The van der Waals surface area contributed by atoms with E-state index >= 15 is 0 Å². The highest BCUT2D eigenvalue weighted by Gasteiger charge is 2.02. The quantitative estimate of drug-likeness (QED) is 0.524. The Hall–Kier alpha value is -1.79. The third-order valence-corrected chi connectivity index (χ3v) is 1.00. The molecule has 0 aromatic carbocycles. The van der Waals surface area contributed by atoms with Crippen LogP contribution in [-0.2, 0) is 0 Å². The lowest BCUT2D eigenvalue weighted by Crippen LogP contribution is -1.79. The molecule has 0 spiro atoms. The maximum atomic E-state index is 3.75. The molecule has 50 valence electrons. The number of nitrogens with zero attached hydrogens (tertiary/aromatic N) is 5. The second kappa shape index (κ2) is 1.87. The van der Waals surface area contributed by atoms with Crippen LogP contribution in [0, 0.1) is 0 Å². The van der Waals surface area contributed by atoms with Gasteiger partial charge in [-0.1, -0.05) is 0 Å². The normalized spacial score (nSPS) is 10.0. The lowest BCUT2D eigenvalue weighted by Gasteiger charge is -1.78. The van der Waals surface area contributed by atoms with Crippen LogP contribution in [0.3, 0.4) is 0 Å². The Morgan fingerprint density at radius 1 is 1.40 bits per heavy atom. The summed E-state index contributed by atoms with van der Waals surface area (Å²) in [5.74, 6) is 0.508. The zero-order valence-corrected chi connectivity index (χ0v) is 4.81. The van der Waals surface area contributed by atoms with Gasteiger partial charge >= 0.3 is 0 Å². The fourth-order valence-corrected chi connectivity index (χ4v) is 0.583. The summed E-state index contributed by atoms with van der Waals surface area (Å²) >= 11 is 0. The van der Waals surface area contributed by atoms with Gasteiger partial charge in [0.15, 0.2) is 5.69 Å². The number of aromatic amines is 2. The van der Waals surface area contributed by atoms with Crippen molar-refractivity contribution < 1.29 is 0 Å². The van der Waals surface area contributed by atoms with Gasteiger partial charge in [-0.2, -0.15) is 15.4 Å². The van der Waals surface area contributed by atoms with Gasteiger partial charge in [-0.3, -0.25) is 0 Å². The molecule has 2 heterocycles. The van der Waals surface area contributed by atoms with Crippen molar-refractivity contribution in [3.05, 3.63) is 6.20 Å². The second-order valence-electron chi connectivity index (χ2n) is 1.61. The molecule has 2 aromatic rings. The zero-order chi connectivity index (χ0) is 6.81. The molecule has 2 rings (SSSR count). The molecular weight excluding hydrogens is 134 g/mol. The van der Waals surface area contributed by atoms with Crippen LogP contribution in [0.2, 0.25) is 0 Å². The summed E-state index contributed by atoms with van der Waals surface area (Å²) < 4.78 is 0. The summed E-state index contributed by atoms with van der Waals surface area (Å²) in [6.07, 6.45) is 1.53. The Morgan fingerprint density at radius 3 is 3.00 bits per heavy atom. The van der Waals surface area contributed by atoms with Crippen molar-refractivity contribution in [1.29, 1.82) is 0 Å². The molecular formula is C3H3N7. The van der Waals surface area contributed by atoms with Gasteiger partial charge in [0.2, 0.25) is 5.82 Å². The van der Waals surface area contributed by atoms with Gasteiger partial charge in [-0.15, -0.1) is 5.10 Å². The predicted molar refractivity (Wildman–Crippen MR) is 29.6 cm³/mol. The van der Waals surface area contributed by atoms with Gasteiger partial charge in [0.05, 0.1) is 6.20 Å². The van der Waals surface area contributed by atoms with Crippen LogP contribution in [0.5, 0.6) is 0 Å². The van der Waals surface area contributed by atoms with E-state index in [2.05, 4.69) is 36.0 Å². The van der Waals surface area contributed by atoms with E-state index in [1.807, 2.05) is 0 Å². The van der Waals surface area contributed by atoms with Gasteiger partial charge in [0, 0.05) is 0 Å². The van der Waals surface area contributed by atoms with Gasteiger partial charge in [-0.05, 0) is 10.4 Å². The molecule has 0 amide bonds. The number of rotatable bonds is 1. The highest BCUT2D eigenvalue weighted by Crippen LogP contribution is 2.03. The second-order valence-corrected chi connectivity index (χ2v) is 1.61. The van der Waals surface area contributed by atoms with Crippen molar-refractivity contribution in [3.8, 4) is 11.5 Å². The summed E-state index contributed by atoms with van der Waals surface area (Å²) in [5.41, 5.74) is 0.602. The Kier molecular flexibility index (Phi) is 0.938. The van der Waals surface area contributed by atoms with Crippen molar-refractivity contribution in [3.63, 3.8) is 0 Å². The Bertz CT molecular complexity index is 248. The van der Waals surface area contributed by atoms with E-state index < -0.39 is 0 Å². The lowest BCUT2D eigenvalue weighted by atomic mass is 10.5. The number of aromatic nitrogens is 7. The van der Waals surface area contributed by atoms with Crippen LogP contribution in [0.4, 0.5) is 0 Å². The van der Waals surface area contributed by atoms with E-state index in [-0.39, 0.29) is 0 Å². The van der Waals surface area contributed by atoms with E-state index in [0.29, 0.717) is 11.5 Å². The van der Waals surface area contributed by atoms with Gasteiger partial charge in [-0.25, -0.2) is 5.10 Å². The van der Waals surface area contributed by atoms with Crippen LogP contribution in [0.1, 0.15) is 0 Å². The van der Waals surface area contributed by atoms with E-state index in [1.165, 1.54) is 6.20 Å². The van der Waals surface area contributed by atoms with E-state index in [0.717, 1.165) is 0 Å². The summed E-state index contributed by atoms with van der Waals surface area (Å²) in [4.78, 5) is 0. The standard InChI is InChI=1S/C3H3N7/c1-2(5-8-4-1)3-6-9-10-7-3/h1H,(H,4,5,8)(H,6,7,9,10). The van der Waals surface area contributed by atoms with Crippen molar-refractivity contribution in [2.45, 2.75) is 0 Å². The fourth-order valence-electron chi connectivity index (χ4n) is 0.583. The molecule has 0 radical (unpaired) electrons. The summed E-state index contributed by atoms with van der Waals surface area (Å²) in [6.45, 7) is 0. The molecule has 0 aliphatic carbocycles. The molecule has 0 aliphatic heterocycles. The summed E-state index contributed by atoms with van der Waals surface area (Å²) in [5, 5.41) is 22.7. The minimum absolute atomic E-state index is 0.508.